The van der Waals surface area contributed by atoms with Crippen LogP contribution in [-0.2, 0) is 16.8 Å². The summed E-state index contributed by atoms with van der Waals surface area (Å²) >= 11 is 6.10. The Bertz CT molecular complexity index is 778. The van der Waals surface area contributed by atoms with Crippen LogP contribution in [0.25, 0.3) is 0 Å². The lowest BCUT2D eigenvalue weighted by Crippen LogP contribution is -2.39. The van der Waals surface area contributed by atoms with Crippen molar-refractivity contribution >= 4 is 11.6 Å². The highest BCUT2D eigenvalue weighted by atomic mass is 35.5. The minimum Gasteiger partial charge on any atom is -0.493 e. The van der Waals surface area contributed by atoms with Crippen molar-refractivity contribution in [1.82, 2.24) is 0 Å². The minimum absolute atomic E-state index is 0.0930. The molecule has 0 N–H and O–H groups in total. The fourth-order valence-electron chi connectivity index (χ4n) is 4.04. The van der Waals surface area contributed by atoms with E-state index in [2.05, 4.69) is 6.92 Å². The van der Waals surface area contributed by atoms with Crippen LogP contribution in [0.5, 0.6) is 11.5 Å². The molecule has 2 atom stereocenters. The largest absolute Gasteiger partial charge is 0.493 e. The molecule has 146 valence electrons. The van der Waals surface area contributed by atoms with Gasteiger partial charge in [0.1, 0.15) is 11.4 Å². The van der Waals surface area contributed by atoms with E-state index < -0.39 is 5.60 Å². The van der Waals surface area contributed by atoms with E-state index in [9.17, 15) is 4.39 Å². The van der Waals surface area contributed by atoms with Crippen LogP contribution in [0.1, 0.15) is 36.5 Å². The molecular weight excluding hydrogens is 367 g/mol. The van der Waals surface area contributed by atoms with Gasteiger partial charge in [-0.1, -0.05) is 19.1 Å². The normalized spacial score (nSPS) is 20.5. The topological polar surface area (TPSA) is 27.7 Å². The number of hydrogen-bond acceptors (Lipinski definition) is 3. The van der Waals surface area contributed by atoms with Crippen LogP contribution < -0.4 is 9.47 Å². The summed E-state index contributed by atoms with van der Waals surface area (Å²) in [7, 11) is 3.27. The number of halogens is 2. The predicted molar refractivity (Wildman–Crippen MR) is 106 cm³/mol. The molecule has 2 aromatic carbocycles. The van der Waals surface area contributed by atoms with Gasteiger partial charge >= 0.3 is 0 Å². The molecule has 1 aliphatic heterocycles. The van der Waals surface area contributed by atoms with Crippen molar-refractivity contribution in [2.75, 3.05) is 26.7 Å². The van der Waals surface area contributed by atoms with Gasteiger partial charge in [0.05, 0.1) is 14.2 Å². The maximum absolute atomic E-state index is 13.6. The number of aryl methyl sites for hydroxylation is 1. The second-order valence-electron chi connectivity index (χ2n) is 6.94. The van der Waals surface area contributed by atoms with Gasteiger partial charge in [-0.15, -0.1) is 11.6 Å². The Kier molecular flexibility index (Phi) is 6.28. The van der Waals surface area contributed by atoms with Crippen LogP contribution in [0.3, 0.4) is 0 Å². The first-order valence-corrected chi connectivity index (χ1v) is 9.81. The zero-order valence-electron chi connectivity index (χ0n) is 16.1. The third-order valence-electron chi connectivity index (χ3n) is 5.44. The van der Waals surface area contributed by atoms with Gasteiger partial charge in [0.15, 0.2) is 11.5 Å². The summed E-state index contributed by atoms with van der Waals surface area (Å²) in [6.07, 6.45) is 2.55. The maximum Gasteiger partial charge on any atom is 0.161 e. The van der Waals surface area contributed by atoms with Crippen molar-refractivity contribution < 1.29 is 18.6 Å². The summed E-state index contributed by atoms with van der Waals surface area (Å²) in [5.74, 6) is 1.72. The molecule has 0 radical (unpaired) electrons. The molecule has 0 aromatic heterocycles. The number of methoxy groups -OCH3 is 2. The van der Waals surface area contributed by atoms with E-state index in [1.165, 1.54) is 12.1 Å². The molecule has 0 aliphatic carbocycles. The molecule has 0 fully saturated rings. The van der Waals surface area contributed by atoms with E-state index in [1.54, 1.807) is 14.2 Å². The molecule has 0 spiro atoms. The second-order valence-corrected chi connectivity index (χ2v) is 7.32. The highest BCUT2D eigenvalue weighted by Gasteiger charge is 2.43. The van der Waals surface area contributed by atoms with E-state index in [0.717, 1.165) is 36.0 Å². The van der Waals surface area contributed by atoms with Crippen molar-refractivity contribution in [2.45, 2.75) is 31.8 Å². The smallest absolute Gasteiger partial charge is 0.161 e. The number of hydrogen-bond donors (Lipinski definition) is 0. The van der Waals surface area contributed by atoms with Gasteiger partial charge in [-0.25, -0.2) is 4.39 Å². The van der Waals surface area contributed by atoms with Crippen LogP contribution in [0.15, 0.2) is 36.4 Å². The molecular formula is C22H26ClFO3. The Morgan fingerprint density at radius 2 is 1.81 bits per heavy atom. The summed E-state index contributed by atoms with van der Waals surface area (Å²) in [6.45, 7) is 2.75. The lowest BCUT2D eigenvalue weighted by Gasteiger charge is -2.40. The average molecular weight is 393 g/mol. The highest BCUT2D eigenvalue weighted by Crippen LogP contribution is 2.48. The van der Waals surface area contributed by atoms with Crippen molar-refractivity contribution in [3.8, 4) is 11.5 Å². The fraction of sp³-hybridized carbons (Fsp3) is 0.455. The summed E-state index contributed by atoms with van der Waals surface area (Å²) in [5, 5.41) is 0. The van der Waals surface area contributed by atoms with Crippen molar-refractivity contribution in [3.63, 3.8) is 0 Å². The van der Waals surface area contributed by atoms with Crippen LogP contribution in [0.4, 0.5) is 4.39 Å². The van der Waals surface area contributed by atoms with Gasteiger partial charge in [0.2, 0.25) is 0 Å². The first-order valence-electron chi connectivity index (χ1n) is 9.28. The second kappa shape index (κ2) is 8.49. The summed E-state index contributed by atoms with van der Waals surface area (Å²) < 4.78 is 31.2. The molecule has 0 amide bonds. The van der Waals surface area contributed by atoms with E-state index in [1.807, 2.05) is 24.3 Å². The molecule has 27 heavy (non-hydrogen) atoms. The number of fused-ring (bicyclic) bond motifs is 1. The summed E-state index contributed by atoms with van der Waals surface area (Å²) in [4.78, 5) is 0. The summed E-state index contributed by atoms with van der Waals surface area (Å²) in [5.41, 5.74) is 2.42. The van der Waals surface area contributed by atoms with Crippen molar-refractivity contribution in [2.24, 2.45) is 5.92 Å². The van der Waals surface area contributed by atoms with Crippen molar-refractivity contribution in [1.29, 1.82) is 0 Å². The molecule has 2 unspecified atom stereocenters. The van der Waals surface area contributed by atoms with E-state index in [4.69, 9.17) is 25.8 Å². The van der Waals surface area contributed by atoms with E-state index in [-0.39, 0.29) is 11.7 Å². The highest BCUT2D eigenvalue weighted by molar-refractivity contribution is 6.17. The third kappa shape index (κ3) is 3.65. The molecule has 3 rings (SSSR count). The first kappa shape index (κ1) is 20.0. The number of rotatable bonds is 6. The van der Waals surface area contributed by atoms with Gasteiger partial charge in [-0.3, -0.25) is 0 Å². The molecule has 1 aliphatic rings. The van der Waals surface area contributed by atoms with E-state index >= 15 is 0 Å². The lowest BCUT2D eigenvalue weighted by molar-refractivity contribution is -0.0549. The molecule has 1 heterocycles. The van der Waals surface area contributed by atoms with Gasteiger partial charge in [-0.2, -0.15) is 0 Å². The standard InChI is InChI=1S/C22H26ClFO3/c1-15(10-11-23)22(17-6-8-18(24)9-7-17)19-14-21(26-3)20(25-2)13-16(19)5-4-12-27-22/h6-9,13-15H,4-5,10-12H2,1-3H3. The zero-order valence-corrected chi connectivity index (χ0v) is 16.8. The third-order valence-corrected chi connectivity index (χ3v) is 5.66. The number of alkyl halides is 1. The lowest BCUT2D eigenvalue weighted by atomic mass is 9.73. The number of ether oxygens (including phenoxy) is 3. The molecule has 2 aromatic rings. The first-order chi connectivity index (χ1) is 13.1. The van der Waals surface area contributed by atoms with Gasteiger partial charge in [0.25, 0.3) is 0 Å². The average Bonchev–Trinajstić information content (AvgIpc) is 2.87. The van der Waals surface area contributed by atoms with Gasteiger partial charge in [0, 0.05) is 12.5 Å². The molecule has 3 nitrogen and oxygen atoms in total. The minimum atomic E-state index is -0.714. The molecule has 0 bridgehead atoms. The molecule has 0 saturated carbocycles. The Morgan fingerprint density at radius 1 is 1.15 bits per heavy atom. The van der Waals surface area contributed by atoms with Crippen LogP contribution in [0.2, 0.25) is 0 Å². The van der Waals surface area contributed by atoms with Crippen LogP contribution >= 0.6 is 11.6 Å². The Hall–Kier alpha value is -1.78. The maximum atomic E-state index is 13.6. The molecule has 0 saturated heterocycles. The van der Waals surface area contributed by atoms with Crippen LogP contribution in [-0.4, -0.2) is 26.7 Å². The zero-order chi connectivity index (χ0) is 19.4. The SMILES string of the molecule is COc1cc2c(cc1OC)C(c1ccc(F)cc1)(C(C)CCCl)OCCC2. The quantitative estimate of drug-likeness (QED) is 0.623. The predicted octanol–water partition coefficient (Wildman–Crippen LogP) is 5.31. The van der Waals surface area contributed by atoms with Gasteiger partial charge in [-0.05, 0) is 66.1 Å². The van der Waals surface area contributed by atoms with E-state index in [0.29, 0.717) is 24.0 Å². The monoisotopic (exact) mass is 392 g/mol. The van der Waals surface area contributed by atoms with Crippen molar-refractivity contribution in [3.05, 3.63) is 58.9 Å². The van der Waals surface area contributed by atoms with Crippen LogP contribution in [0, 0.1) is 11.7 Å². The number of benzene rings is 2. The summed E-state index contributed by atoms with van der Waals surface area (Å²) in [6, 6.07) is 10.6. The Morgan fingerprint density at radius 3 is 2.44 bits per heavy atom. The fourth-order valence-corrected chi connectivity index (χ4v) is 4.37. The Balaban J connectivity index is 2.28. The van der Waals surface area contributed by atoms with Gasteiger partial charge < -0.3 is 14.2 Å². The molecule has 5 heteroatoms. The Labute approximate surface area is 165 Å².